The van der Waals surface area contributed by atoms with Crippen molar-refractivity contribution in [2.75, 3.05) is 0 Å². The molecule has 0 atom stereocenters. The molecule has 0 saturated heterocycles. The van der Waals surface area contributed by atoms with E-state index in [0.717, 1.165) is 55.4 Å². The van der Waals surface area contributed by atoms with Crippen molar-refractivity contribution in [2.24, 2.45) is 0 Å². The summed E-state index contributed by atoms with van der Waals surface area (Å²) >= 11 is 0. The Bertz CT molecular complexity index is 1290. The Morgan fingerprint density at radius 2 is 0.933 bits per heavy atom. The second kappa shape index (κ2) is 7.41. The molecule has 0 fully saturated rings. The van der Waals surface area contributed by atoms with Gasteiger partial charge in [-0.25, -0.2) is 9.97 Å². The molecular formula is C28H20N2. The molecule has 0 radical (unpaired) electrons. The maximum Gasteiger partial charge on any atom is 0.0978 e. The fourth-order valence-electron chi connectivity index (χ4n) is 3.94. The molecule has 0 bridgehead atoms. The highest BCUT2D eigenvalue weighted by atomic mass is 14.8. The van der Waals surface area contributed by atoms with Gasteiger partial charge in [-0.3, -0.25) is 0 Å². The quantitative estimate of drug-likeness (QED) is 0.302. The van der Waals surface area contributed by atoms with Crippen LogP contribution >= 0.6 is 0 Å². The molecule has 30 heavy (non-hydrogen) atoms. The summed E-state index contributed by atoms with van der Waals surface area (Å²) in [6.45, 7) is 7.90. The van der Waals surface area contributed by atoms with Crippen LogP contribution in [0, 0.1) is 0 Å². The molecule has 0 aliphatic heterocycles. The summed E-state index contributed by atoms with van der Waals surface area (Å²) in [6.07, 6.45) is 3.58. The predicted octanol–water partition coefficient (Wildman–Crippen LogP) is 7.40. The number of nitrogens with zero attached hydrogens (tertiary/aromatic N) is 2. The minimum atomic E-state index is 0.834. The molecule has 2 nitrogen and oxygen atoms in total. The monoisotopic (exact) mass is 384 g/mol. The van der Waals surface area contributed by atoms with Gasteiger partial charge in [-0.2, -0.15) is 0 Å². The first-order valence-electron chi connectivity index (χ1n) is 9.93. The van der Waals surface area contributed by atoms with Crippen molar-refractivity contribution < 1.29 is 0 Å². The van der Waals surface area contributed by atoms with Crippen molar-refractivity contribution in [1.82, 2.24) is 9.97 Å². The molecule has 2 heterocycles. The zero-order valence-corrected chi connectivity index (χ0v) is 16.5. The van der Waals surface area contributed by atoms with Gasteiger partial charge in [-0.15, -0.1) is 0 Å². The molecule has 0 aliphatic rings. The van der Waals surface area contributed by atoms with Crippen LogP contribution in [0.25, 0.3) is 56.2 Å². The van der Waals surface area contributed by atoms with Gasteiger partial charge in [0.2, 0.25) is 0 Å². The van der Waals surface area contributed by atoms with E-state index in [0.29, 0.717) is 0 Å². The smallest absolute Gasteiger partial charge is 0.0978 e. The second-order valence-electron chi connectivity index (χ2n) is 7.19. The summed E-state index contributed by atoms with van der Waals surface area (Å²) in [7, 11) is 0. The predicted molar refractivity (Wildman–Crippen MR) is 128 cm³/mol. The van der Waals surface area contributed by atoms with E-state index in [2.05, 4.69) is 86.0 Å². The normalized spacial score (nSPS) is 10.9. The van der Waals surface area contributed by atoms with Crippen molar-refractivity contribution in [3.63, 3.8) is 0 Å². The fraction of sp³-hybridized carbons (Fsp3) is 0. The molecule has 5 aromatic rings. The highest BCUT2D eigenvalue weighted by molar-refractivity contribution is 6.12. The van der Waals surface area contributed by atoms with E-state index in [1.54, 1.807) is 12.2 Å². The van der Waals surface area contributed by atoms with Crippen LogP contribution in [0.5, 0.6) is 0 Å². The summed E-state index contributed by atoms with van der Waals surface area (Å²) < 4.78 is 0. The van der Waals surface area contributed by atoms with E-state index >= 15 is 0 Å². The molecular weight excluding hydrogens is 364 g/mol. The Morgan fingerprint density at radius 3 is 1.30 bits per heavy atom. The van der Waals surface area contributed by atoms with Crippen LogP contribution in [0.15, 0.2) is 98.1 Å². The molecule has 0 aliphatic carbocycles. The minimum Gasteiger partial charge on any atom is -0.246 e. The van der Waals surface area contributed by atoms with Crippen LogP contribution in [0.2, 0.25) is 0 Å². The Hall–Kier alpha value is -4.04. The van der Waals surface area contributed by atoms with Crippen molar-refractivity contribution in [2.45, 2.75) is 0 Å². The van der Waals surface area contributed by atoms with Gasteiger partial charge in [0.05, 0.1) is 22.4 Å². The largest absolute Gasteiger partial charge is 0.246 e. The lowest BCUT2D eigenvalue weighted by atomic mass is 9.95. The highest BCUT2D eigenvalue weighted by Crippen LogP contribution is 2.36. The molecule has 3 aromatic carbocycles. The van der Waals surface area contributed by atoms with Gasteiger partial charge < -0.3 is 0 Å². The number of fused-ring (bicyclic) bond motifs is 3. The SMILES string of the molecule is C=Cc1cc(-c2ccccc2)c2ccc3c(-c4ccccc4)cc(C=C)nc3c2n1. The number of benzene rings is 3. The standard InChI is InChI=1S/C28H20N2/c1-3-21-17-25(19-11-7-5-8-12-19)23-15-16-24-26(20-13-9-6-10-14-20)18-22(4-2)30-28(24)27(23)29-21/h3-18H,1-2H2. The molecule has 0 saturated carbocycles. The summed E-state index contributed by atoms with van der Waals surface area (Å²) in [6, 6.07) is 29.2. The van der Waals surface area contributed by atoms with Gasteiger partial charge >= 0.3 is 0 Å². The Labute approximate surface area is 175 Å². The van der Waals surface area contributed by atoms with Crippen molar-refractivity contribution in [1.29, 1.82) is 0 Å². The van der Waals surface area contributed by atoms with E-state index < -0.39 is 0 Å². The number of hydrogen-bond donors (Lipinski definition) is 0. The van der Waals surface area contributed by atoms with E-state index in [-0.39, 0.29) is 0 Å². The molecule has 2 heteroatoms. The van der Waals surface area contributed by atoms with Crippen molar-refractivity contribution >= 4 is 34.0 Å². The topological polar surface area (TPSA) is 25.8 Å². The van der Waals surface area contributed by atoms with Gasteiger partial charge in [0, 0.05) is 10.8 Å². The van der Waals surface area contributed by atoms with Gasteiger partial charge in [-0.05, 0) is 46.5 Å². The first-order chi connectivity index (χ1) is 14.8. The van der Waals surface area contributed by atoms with Gasteiger partial charge in [0.15, 0.2) is 0 Å². The van der Waals surface area contributed by atoms with Gasteiger partial charge in [0.1, 0.15) is 0 Å². The fourth-order valence-corrected chi connectivity index (χ4v) is 3.94. The van der Waals surface area contributed by atoms with Crippen LogP contribution in [0.3, 0.4) is 0 Å². The average Bonchev–Trinajstić information content (AvgIpc) is 2.83. The lowest BCUT2D eigenvalue weighted by Crippen LogP contribution is -1.94. The van der Waals surface area contributed by atoms with E-state index in [1.165, 1.54) is 0 Å². The van der Waals surface area contributed by atoms with E-state index in [9.17, 15) is 0 Å². The van der Waals surface area contributed by atoms with Crippen molar-refractivity contribution in [3.05, 3.63) is 109 Å². The van der Waals surface area contributed by atoms with Crippen LogP contribution in [-0.4, -0.2) is 9.97 Å². The molecule has 0 amide bonds. The summed E-state index contributed by atoms with van der Waals surface area (Å²) in [5.74, 6) is 0. The summed E-state index contributed by atoms with van der Waals surface area (Å²) in [5, 5.41) is 2.15. The van der Waals surface area contributed by atoms with Gasteiger partial charge in [-0.1, -0.05) is 86.0 Å². The molecule has 0 spiro atoms. The summed E-state index contributed by atoms with van der Waals surface area (Å²) in [5.41, 5.74) is 7.98. The third kappa shape index (κ3) is 2.99. The van der Waals surface area contributed by atoms with Gasteiger partial charge in [0.25, 0.3) is 0 Å². The second-order valence-corrected chi connectivity index (χ2v) is 7.19. The Kier molecular flexibility index (Phi) is 4.45. The lowest BCUT2D eigenvalue weighted by molar-refractivity contribution is 1.34. The first-order valence-corrected chi connectivity index (χ1v) is 9.93. The zero-order valence-electron chi connectivity index (χ0n) is 16.5. The first kappa shape index (κ1) is 18.0. The maximum atomic E-state index is 4.90. The van der Waals surface area contributed by atoms with Crippen LogP contribution in [-0.2, 0) is 0 Å². The molecule has 5 rings (SSSR count). The Morgan fingerprint density at radius 1 is 0.533 bits per heavy atom. The van der Waals surface area contributed by atoms with Crippen molar-refractivity contribution in [3.8, 4) is 22.3 Å². The maximum absolute atomic E-state index is 4.90. The van der Waals surface area contributed by atoms with E-state index in [4.69, 9.17) is 9.97 Å². The molecule has 0 N–H and O–H groups in total. The molecule has 2 aromatic heterocycles. The zero-order chi connectivity index (χ0) is 20.5. The minimum absolute atomic E-state index is 0.834. The average molecular weight is 384 g/mol. The summed E-state index contributed by atoms with van der Waals surface area (Å²) in [4.78, 5) is 9.81. The third-order valence-corrected chi connectivity index (χ3v) is 5.39. The van der Waals surface area contributed by atoms with Crippen LogP contribution in [0.4, 0.5) is 0 Å². The third-order valence-electron chi connectivity index (χ3n) is 5.39. The Balaban J connectivity index is 1.92. The van der Waals surface area contributed by atoms with Crippen LogP contribution < -0.4 is 0 Å². The van der Waals surface area contributed by atoms with E-state index in [1.807, 2.05) is 12.1 Å². The van der Waals surface area contributed by atoms with Crippen LogP contribution in [0.1, 0.15) is 11.4 Å². The number of rotatable bonds is 4. The molecule has 142 valence electrons. The number of pyridine rings is 2. The number of aromatic nitrogens is 2. The highest BCUT2D eigenvalue weighted by Gasteiger charge is 2.14. The molecule has 0 unspecified atom stereocenters. The number of hydrogen-bond acceptors (Lipinski definition) is 2. The lowest BCUT2D eigenvalue weighted by Gasteiger charge is -2.13.